The number of anilines is 1. The van der Waals surface area contributed by atoms with Crippen LogP contribution in [0.3, 0.4) is 0 Å². The lowest BCUT2D eigenvalue weighted by atomic mass is 10.0. The molecular weight excluding hydrogens is 368 g/mol. The van der Waals surface area contributed by atoms with Crippen molar-refractivity contribution in [1.82, 2.24) is 0 Å². The SMILES string of the molecule is Brc1ccc2c(c1)C(c1ccccc1Br)=NCCN2. The van der Waals surface area contributed by atoms with Gasteiger partial charge in [0.1, 0.15) is 0 Å². The van der Waals surface area contributed by atoms with E-state index in [1.54, 1.807) is 0 Å². The van der Waals surface area contributed by atoms with Crippen LogP contribution in [0.15, 0.2) is 56.4 Å². The van der Waals surface area contributed by atoms with E-state index in [1.165, 1.54) is 0 Å². The molecule has 0 bridgehead atoms. The molecule has 0 radical (unpaired) electrons. The lowest BCUT2D eigenvalue weighted by Crippen LogP contribution is -2.06. The molecule has 1 heterocycles. The average Bonchev–Trinajstić information content (AvgIpc) is 2.61. The second-order valence-electron chi connectivity index (χ2n) is 4.33. The van der Waals surface area contributed by atoms with E-state index in [4.69, 9.17) is 4.99 Å². The summed E-state index contributed by atoms with van der Waals surface area (Å²) in [6, 6.07) is 14.5. The molecule has 0 unspecified atom stereocenters. The Hall–Kier alpha value is -1.13. The van der Waals surface area contributed by atoms with Crippen LogP contribution in [0, 0.1) is 0 Å². The minimum absolute atomic E-state index is 0.781. The van der Waals surface area contributed by atoms with Gasteiger partial charge in [-0.15, -0.1) is 0 Å². The van der Waals surface area contributed by atoms with Crippen molar-refractivity contribution in [2.75, 3.05) is 18.4 Å². The molecule has 0 fully saturated rings. The van der Waals surface area contributed by atoms with Gasteiger partial charge in [0, 0.05) is 32.3 Å². The molecule has 0 amide bonds. The number of nitrogens with one attached hydrogen (secondary N) is 1. The number of nitrogens with zero attached hydrogens (tertiary/aromatic N) is 1. The number of rotatable bonds is 1. The highest BCUT2D eigenvalue weighted by Gasteiger charge is 2.16. The van der Waals surface area contributed by atoms with E-state index in [2.05, 4.69) is 61.4 Å². The molecule has 4 heteroatoms. The highest BCUT2D eigenvalue weighted by molar-refractivity contribution is 9.10. The third-order valence-corrected chi connectivity index (χ3v) is 4.25. The molecule has 3 rings (SSSR count). The van der Waals surface area contributed by atoms with Crippen molar-refractivity contribution >= 4 is 43.3 Å². The topological polar surface area (TPSA) is 24.4 Å². The summed E-state index contributed by atoms with van der Waals surface area (Å²) in [4.78, 5) is 4.74. The van der Waals surface area contributed by atoms with Gasteiger partial charge in [-0.1, -0.05) is 50.1 Å². The van der Waals surface area contributed by atoms with Gasteiger partial charge >= 0.3 is 0 Å². The molecule has 1 aliphatic heterocycles. The Kier molecular flexibility index (Phi) is 3.71. The van der Waals surface area contributed by atoms with Gasteiger partial charge in [-0.25, -0.2) is 0 Å². The summed E-state index contributed by atoms with van der Waals surface area (Å²) in [7, 11) is 0. The van der Waals surface area contributed by atoms with Gasteiger partial charge < -0.3 is 5.32 Å². The van der Waals surface area contributed by atoms with Gasteiger partial charge in [0.25, 0.3) is 0 Å². The van der Waals surface area contributed by atoms with Gasteiger partial charge in [0.2, 0.25) is 0 Å². The zero-order chi connectivity index (χ0) is 13.2. The van der Waals surface area contributed by atoms with Gasteiger partial charge in [0.15, 0.2) is 0 Å². The predicted molar refractivity (Wildman–Crippen MR) is 87.3 cm³/mol. The summed E-state index contributed by atoms with van der Waals surface area (Å²) < 4.78 is 2.14. The Bertz CT molecular complexity index is 650. The van der Waals surface area contributed by atoms with E-state index in [9.17, 15) is 0 Å². The van der Waals surface area contributed by atoms with Crippen molar-refractivity contribution in [2.45, 2.75) is 0 Å². The molecule has 0 spiro atoms. The molecular formula is C15H12Br2N2. The lowest BCUT2D eigenvalue weighted by molar-refractivity contribution is 1.04. The third-order valence-electron chi connectivity index (χ3n) is 3.06. The number of aliphatic imine (C=N–C) groups is 1. The Morgan fingerprint density at radius 2 is 1.84 bits per heavy atom. The van der Waals surface area contributed by atoms with E-state index < -0.39 is 0 Å². The molecule has 2 aromatic rings. The fourth-order valence-electron chi connectivity index (χ4n) is 2.19. The number of fused-ring (bicyclic) bond motifs is 1. The number of halogens is 2. The molecule has 0 saturated carbocycles. The van der Waals surface area contributed by atoms with Gasteiger partial charge in [-0.05, 0) is 24.3 Å². The molecule has 0 aromatic heterocycles. The van der Waals surface area contributed by atoms with Crippen LogP contribution in [0.25, 0.3) is 0 Å². The highest BCUT2D eigenvalue weighted by Crippen LogP contribution is 2.28. The minimum atomic E-state index is 0.781. The van der Waals surface area contributed by atoms with Crippen LogP contribution >= 0.6 is 31.9 Å². The van der Waals surface area contributed by atoms with Crippen molar-refractivity contribution in [1.29, 1.82) is 0 Å². The lowest BCUT2D eigenvalue weighted by Gasteiger charge is -2.12. The van der Waals surface area contributed by atoms with Crippen molar-refractivity contribution in [3.8, 4) is 0 Å². The second-order valence-corrected chi connectivity index (χ2v) is 6.10. The first-order valence-electron chi connectivity index (χ1n) is 6.09. The summed E-state index contributed by atoms with van der Waals surface area (Å²) in [6.45, 7) is 1.64. The zero-order valence-corrected chi connectivity index (χ0v) is 13.3. The Balaban J connectivity index is 2.20. The molecule has 1 aliphatic rings. The van der Waals surface area contributed by atoms with Crippen molar-refractivity contribution < 1.29 is 0 Å². The molecule has 2 aromatic carbocycles. The van der Waals surface area contributed by atoms with E-state index >= 15 is 0 Å². The fourth-order valence-corrected chi connectivity index (χ4v) is 3.03. The van der Waals surface area contributed by atoms with Crippen LogP contribution < -0.4 is 5.32 Å². The maximum atomic E-state index is 4.74. The second kappa shape index (κ2) is 5.47. The monoisotopic (exact) mass is 378 g/mol. The van der Waals surface area contributed by atoms with Crippen molar-refractivity contribution in [3.05, 3.63) is 62.5 Å². The van der Waals surface area contributed by atoms with Gasteiger partial charge in [-0.3, -0.25) is 4.99 Å². The van der Waals surface area contributed by atoms with Crippen LogP contribution in [0.4, 0.5) is 5.69 Å². The van der Waals surface area contributed by atoms with E-state index in [0.29, 0.717) is 0 Å². The summed E-state index contributed by atoms with van der Waals surface area (Å²) in [5, 5.41) is 3.42. The van der Waals surface area contributed by atoms with E-state index in [0.717, 1.165) is 44.6 Å². The first-order valence-corrected chi connectivity index (χ1v) is 7.67. The minimum Gasteiger partial charge on any atom is -0.383 e. The first kappa shape index (κ1) is 12.9. The van der Waals surface area contributed by atoms with Gasteiger partial charge in [-0.2, -0.15) is 0 Å². The fraction of sp³-hybridized carbons (Fsp3) is 0.133. The van der Waals surface area contributed by atoms with Crippen molar-refractivity contribution in [3.63, 3.8) is 0 Å². The number of benzodiazepines with no additional fused rings is 1. The van der Waals surface area contributed by atoms with Crippen LogP contribution in [0.2, 0.25) is 0 Å². The number of benzene rings is 2. The number of hydrogen-bond acceptors (Lipinski definition) is 2. The summed E-state index contributed by atoms with van der Waals surface area (Å²) in [5.74, 6) is 0. The summed E-state index contributed by atoms with van der Waals surface area (Å²) in [6.07, 6.45) is 0. The third kappa shape index (κ3) is 2.60. The molecule has 0 saturated heterocycles. The van der Waals surface area contributed by atoms with Crippen LogP contribution in [0.1, 0.15) is 11.1 Å². The van der Waals surface area contributed by atoms with Crippen LogP contribution in [-0.2, 0) is 0 Å². The Labute approximate surface area is 129 Å². The molecule has 0 aliphatic carbocycles. The van der Waals surface area contributed by atoms with E-state index in [-0.39, 0.29) is 0 Å². The van der Waals surface area contributed by atoms with Gasteiger partial charge in [0.05, 0.1) is 12.3 Å². The maximum absolute atomic E-state index is 4.74. The standard InChI is InChI=1S/C15H12Br2N2/c16-10-5-6-14-12(9-10)15(19-8-7-18-14)11-3-1-2-4-13(11)17/h1-6,9,18H,7-8H2. The van der Waals surface area contributed by atoms with Crippen LogP contribution in [-0.4, -0.2) is 18.8 Å². The molecule has 1 N–H and O–H groups in total. The summed E-state index contributed by atoms with van der Waals surface area (Å²) in [5.41, 5.74) is 4.44. The predicted octanol–water partition coefficient (Wildman–Crippen LogP) is 4.47. The normalized spacial score (nSPS) is 14.1. The molecule has 2 nitrogen and oxygen atoms in total. The van der Waals surface area contributed by atoms with Crippen molar-refractivity contribution in [2.24, 2.45) is 4.99 Å². The first-order chi connectivity index (χ1) is 9.25. The molecule has 96 valence electrons. The molecule has 0 atom stereocenters. The Morgan fingerprint density at radius 3 is 2.68 bits per heavy atom. The van der Waals surface area contributed by atoms with E-state index in [1.807, 2.05) is 18.2 Å². The molecule has 19 heavy (non-hydrogen) atoms. The largest absolute Gasteiger partial charge is 0.383 e. The Morgan fingerprint density at radius 1 is 1.00 bits per heavy atom. The van der Waals surface area contributed by atoms with Crippen LogP contribution in [0.5, 0.6) is 0 Å². The smallest absolute Gasteiger partial charge is 0.0752 e. The number of hydrogen-bond donors (Lipinski definition) is 1. The average molecular weight is 380 g/mol. The highest BCUT2D eigenvalue weighted by atomic mass is 79.9. The quantitative estimate of drug-likeness (QED) is 0.776. The summed E-state index contributed by atoms with van der Waals surface area (Å²) >= 11 is 7.15. The maximum Gasteiger partial charge on any atom is 0.0752 e. The zero-order valence-electron chi connectivity index (χ0n) is 10.2.